The lowest BCUT2D eigenvalue weighted by Gasteiger charge is -2.22. The van der Waals surface area contributed by atoms with Crippen LogP contribution in [0.15, 0.2) is 27.5 Å². The number of halogens is 1. The summed E-state index contributed by atoms with van der Waals surface area (Å²) < 4.78 is 18.7. The summed E-state index contributed by atoms with van der Waals surface area (Å²) in [5.41, 5.74) is 6.16. The van der Waals surface area contributed by atoms with Crippen LogP contribution in [-0.2, 0) is 19.3 Å². The Morgan fingerprint density at radius 1 is 1.20 bits per heavy atom. The Bertz CT molecular complexity index is 1170. The molecule has 3 N–H and O–H groups in total. The summed E-state index contributed by atoms with van der Waals surface area (Å²) in [5, 5.41) is 16.2. The molecule has 7 nitrogen and oxygen atoms in total. The van der Waals surface area contributed by atoms with Crippen LogP contribution in [0, 0.1) is 19.7 Å². The minimum atomic E-state index is -0.799. The number of hydrogen-bond acceptors (Lipinski definition) is 5. The molecule has 8 heteroatoms. The molecule has 0 saturated carbocycles. The molecule has 0 fully saturated rings. The van der Waals surface area contributed by atoms with E-state index in [2.05, 4.69) is 20.0 Å². The number of H-pyrrole nitrogens is 1. The van der Waals surface area contributed by atoms with Crippen molar-refractivity contribution in [1.29, 1.82) is 0 Å². The number of carbonyl (C=O) groups is 1. The Labute approximate surface area is 171 Å². The highest BCUT2D eigenvalue weighted by molar-refractivity contribution is 6.01. The van der Waals surface area contributed by atoms with Crippen molar-refractivity contribution in [1.82, 2.24) is 10.1 Å². The van der Waals surface area contributed by atoms with Gasteiger partial charge in [0.1, 0.15) is 0 Å². The number of aromatic hydroxyl groups is 1. The number of anilines is 1. The van der Waals surface area contributed by atoms with Gasteiger partial charge in [-0.3, -0.25) is 14.3 Å². The molecule has 0 spiro atoms. The Morgan fingerprint density at radius 3 is 2.50 bits per heavy atom. The van der Waals surface area contributed by atoms with E-state index in [4.69, 9.17) is 0 Å². The highest BCUT2D eigenvalue weighted by Crippen LogP contribution is 2.35. The number of rotatable bonds is 4. The number of hydrogen-bond donors (Lipinski definition) is 3. The van der Waals surface area contributed by atoms with Crippen LogP contribution in [0.25, 0.3) is 0 Å². The highest BCUT2D eigenvalue weighted by Gasteiger charge is 2.21. The topological polar surface area (TPSA) is 108 Å². The van der Waals surface area contributed by atoms with Crippen molar-refractivity contribution < 1.29 is 18.8 Å². The molecule has 0 unspecified atom stereocenters. The van der Waals surface area contributed by atoms with Crippen molar-refractivity contribution >= 4 is 11.6 Å². The van der Waals surface area contributed by atoms with Crippen molar-refractivity contribution in [3.05, 3.63) is 73.8 Å². The van der Waals surface area contributed by atoms with Crippen LogP contribution in [-0.4, -0.2) is 21.2 Å². The third kappa shape index (κ3) is 3.72. The lowest BCUT2D eigenvalue weighted by atomic mass is 9.84. The predicted octanol–water partition coefficient (Wildman–Crippen LogP) is 3.55. The lowest BCUT2D eigenvalue weighted by Crippen LogP contribution is -2.15. The fourth-order valence-corrected chi connectivity index (χ4v) is 4.18. The average Bonchev–Trinajstić information content (AvgIpc) is 3.15. The first-order valence-corrected chi connectivity index (χ1v) is 9.83. The molecule has 0 bridgehead atoms. The van der Waals surface area contributed by atoms with E-state index in [1.807, 2.05) is 26.0 Å². The number of nitrogens with one attached hydrogen (secondary N) is 2. The highest BCUT2D eigenvalue weighted by atomic mass is 19.1. The summed E-state index contributed by atoms with van der Waals surface area (Å²) in [4.78, 5) is 25.4. The maximum absolute atomic E-state index is 14.3. The molecule has 156 valence electrons. The maximum Gasteiger partial charge on any atom is 0.439 e. The van der Waals surface area contributed by atoms with Crippen LogP contribution in [0.1, 0.15) is 56.8 Å². The molecule has 0 radical (unpaired) electrons. The SMILES string of the molecule is Cc1cc(NC(=O)c2noc(=O)[nH]2)cc(C)c1Cc1cc(F)c(O)c2c1CCCC2. The lowest BCUT2D eigenvalue weighted by molar-refractivity contribution is 0.101. The van der Waals surface area contributed by atoms with Crippen molar-refractivity contribution in [3.63, 3.8) is 0 Å². The van der Waals surface area contributed by atoms with Crippen molar-refractivity contribution in [2.24, 2.45) is 0 Å². The summed E-state index contributed by atoms with van der Waals surface area (Å²) in [6.45, 7) is 3.86. The number of carbonyl (C=O) groups excluding carboxylic acids is 1. The van der Waals surface area contributed by atoms with Gasteiger partial charge in [-0.2, -0.15) is 0 Å². The molecule has 0 aliphatic heterocycles. The number of amides is 1. The summed E-state index contributed by atoms with van der Waals surface area (Å²) >= 11 is 0. The quantitative estimate of drug-likeness (QED) is 0.609. The first kappa shape index (κ1) is 19.9. The normalized spacial score (nSPS) is 13.2. The maximum atomic E-state index is 14.3. The van der Waals surface area contributed by atoms with Crippen LogP contribution in [0.4, 0.5) is 10.1 Å². The van der Waals surface area contributed by atoms with Crippen molar-refractivity contribution in [3.8, 4) is 5.75 Å². The minimum absolute atomic E-state index is 0.203. The van der Waals surface area contributed by atoms with E-state index in [0.29, 0.717) is 18.5 Å². The van der Waals surface area contributed by atoms with Gasteiger partial charge in [-0.1, -0.05) is 0 Å². The number of phenolic OH excluding ortho intramolecular Hbond substituents is 1. The predicted molar refractivity (Wildman–Crippen MR) is 109 cm³/mol. The fourth-order valence-electron chi connectivity index (χ4n) is 4.18. The van der Waals surface area contributed by atoms with Gasteiger partial charge < -0.3 is 10.4 Å². The Hall–Kier alpha value is -3.42. The zero-order chi connectivity index (χ0) is 21.4. The Kier molecular flexibility index (Phi) is 5.15. The van der Waals surface area contributed by atoms with Gasteiger partial charge in [0.05, 0.1) is 0 Å². The Morgan fingerprint density at radius 2 is 1.87 bits per heavy atom. The molecule has 1 amide bonds. The molecule has 0 saturated heterocycles. The van der Waals surface area contributed by atoms with Gasteiger partial charge in [0.2, 0.25) is 5.82 Å². The first-order chi connectivity index (χ1) is 14.3. The standard InChI is InChI=1S/C22H22FN3O4/c1-11-7-14(24-21(28)20-25-22(29)30-26-20)8-12(2)17(11)9-13-10-18(23)19(27)16-6-4-3-5-15(13)16/h7-8,10,27H,3-6,9H2,1-2H3,(H,24,28)(H,25,26,29). The second-order valence-electron chi connectivity index (χ2n) is 7.69. The fraction of sp³-hybridized carbons (Fsp3) is 0.318. The minimum Gasteiger partial charge on any atom is -0.505 e. The van der Waals surface area contributed by atoms with Gasteiger partial charge in [0.15, 0.2) is 11.6 Å². The van der Waals surface area contributed by atoms with E-state index in [1.54, 1.807) is 0 Å². The zero-order valence-electron chi connectivity index (χ0n) is 16.8. The number of benzene rings is 2. The summed E-state index contributed by atoms with van der Waals surface area (Å²) in [7, 11) is 0. The monoisotopic (exact) mass is 411 g/mol. The third-order valence-corrected chi connectivity index (χ3v) is 5.64. The van der Waals surface area contributed by atoms with Gasteiger partial charge in [0.25, 0.3) is 5.91 Å². The van der Waals surface area contributed by atoms with E-state index >= 15 is 0 Å². The second kappa shape index (κ2) is 7.78. The van der Waals surface area contributed by atoms with Gasteiger partial charge >= 0.3 is 5.76 Å². The van der Waals surface area contributed by atoms with Crippen molar-refractivity contribution in [2.45, 2.75) is 46.0 Å². The van der Waals surface area contributed by atoms with Gasteiger partial charge in [-0.15, -0.1) is 0 Å². The van der Waals surface area contributed by atoms with E-state index in [1.165, 1.54) is 6.07 Å². The van der Waals surface area contributed by atoms with Gasteiger partial charge in [0, 0.05) is 11.3 Å². The van der Waals surface area contributed by atoms with E-state index in [9.17, 15) is 19.1 Å². The number of aryl methyl sites for hydroxylation is 2. The van der Waals surface area contributed by atoms with E-state index < -0.39 is 17.5 Å². The number of aromatic amines is 1. The second-order valence-corrected chi connectivity index (χ2v) is 7.69. The summed E-state index contributed by atoms with van der Waals surface area (Å²) in [6, 6.07) is 5.08. The van der Waals surface area contributed by atoms with Crippen LogP contribution in [0.5, 0.6) is 5.75 Å². The molecule has 4 rings (SSSR count). The number of aromatic nitrogens is 2. The molecule has 1 aromatic heterocycles. The van der Waals surface area contributed by atoms with Crippen LogP contribution < -0.4 is 11.1 Å². The molecule has 1 aliphatic carbocycles. The van der Waals surface area contributed by atoms with Crippen LogP contribution in [0.2, 0.25) is 0 Å². The smallest absolute Gasteiger partial charge is 0.439 e. The molecule has 30 heavy (non-hydrogen) atoms. The van der Waals surface area contributed by atoms with E-state index in [-0.39, 0.29) is 11.6 Å². The molecular weight excluding hydrogens is 389 g/mol. The average molecular weight is 411 g/mol. The molecule has 0 atom stereocenters. The third-order valence-electron chi connectivity index (χ3n) is 5.64. The number of phenols is 1. The molecule has 2 aromatic carbocycles. The van der Waals surface area contributed by atoms with Gasteiger partial charge in [-0.25, -0.2) is 9.18 Å². The largest absolute Gasteiger partial charge is 0.505 e. The molecule has 1 heterocycles. The Balaban J connectivity index is 1.63. The summed E-state index contributed by atoms with van der Waals surface area (Å²) in [5.74, 6) is -2.38. The van der Waals surface area contributed by atoms with E-state index in [0.717, 1.165) is 52.6 Å². The number of nitrogens with zero attached hydrogens (tertiary/aromatic N) is 1. The number of fused-ring (bicyclic) bond motifs is 1. The zero-order valence-corrected chi connectivity index (χ0v) is 16.8. The molecule has 1 aliphatic rings. The molecular formula is C22H22FN3O4. The van der Waals surface area contributed by atoms with Crippen molar-refractivity contribution in [2.75, 3.05) is 5.32 Å². The summed E-state index contributed by atoms with van der Waals surface area (Å²) in [6.07, 6.45) is 4.05. The van der Waals surface area contributed by atoms with Crippen LogP contribution >= 0.6 is 0 Å². The van der Waals surface area contributed by atoms with Gasteiger partial charge in [-0.05, 0) is 97.1 Å². The first-order valence-electron chi connectivity index (χ1n) is 9.83. The van der Waals surface area contributed by atoms with Crippen LogP contribution in [0.3, 0.4) is 0 Å². The molecule has 3 aromatic rings.